The van der Waals surface area contributed by atoms with Crippen LogP contribution in [0.4, 0.5) is 0 Å². The molecule has 0 atom stereocenters. The third-order valence-corrected chi connectivity index (χ3v) is 3.34. The summed E-state index contributed by atoms with van der Waals surface area (Å²) in [6, 6.07) is 4.07. The van der Waals surface area contributed by atoms with E-state index >= 15 is 0 Å². The van der Waals surface area contributed by atoms with E-state index in [0.717, 1.165) is 42.1 Å². The van der Waals surface area contributed by atoms with Gasteiger partial charge in [0, 0.05) is 12.1 Å². The summed E-state index contributed by atoms with van der Waals surface area (Å²) in [7, 11) is 0. The average molecular weight is 291 g/mol. The summed E-state index contributed by atoms with van der Waals surface area (Å²) in [5.41, 5.74) is 7.93. The summed E-state index contributed by atoms with van der Waals surface area (Å²) in [4.78, 5) is 0. The molecule has 0 fully saturated rings. The van der Waals surface area contributed by atoms with E-state index in [-0.39, 0.29) is 0 Å². The van der Waals surface area contributed by atoms with Crippen LogP contribution >= 0.6 is 0 Å². The highest BCUT2D eigenvalue weighted by Crippen LogP contribution is 2.34. The molecule has 0 bridgehead atoms. The maximum absolute atomic E-state index is 6.01. The lowest BCUT2D eigenvalue weighted by Crippen LogP contribution is -2.06. The Bertz CT molecular complexity index is 429. The van der Waals surface area contributed by atoms with Gasteiger partial charge in [-0.2, -0.15) is 0 Å². The summed E-state index contributed by atoms with van der Waals surface area (Å²) in [5, 5.41) is 0. The molecule has 0 aromatic heterocycles. The second kappa shape index (κ2) is 10.3. The number of ether oxygens (including phenoxy) is 2. The van der Waals surface area contributed by atoms with Crippen molar-refractivity contribution in [2.45, 2.75) is 52.5 Å². The third kappa shape index (κ3) is 5.80. The van der Waals surface area contributed by atoms with Crippen molar-refractivity contribution in [1.82, 2.24) is 0 Å². The normalized spacial score (nSPS) is 10.4. The molecule has 0 saturated carbocycles. The average Bonchev–Trinajstić information content (AvgIpc) is 2.49. The van der Waals surface area contributed by atoms with Crippen LogP contribution in [0.5, 0.6) is 11.5 Å². The molecular weight excluding hydrogens is 262 g/mol. The van der Waals surface area contributed by atoms with E-state index in [2.05, 4.69) is 19.6 Å². The molecule has 0 aliphatic carbocycles. The zero-order valence-corrected chi connectivity index (χ0v) is 13.5. The maximum Gasteiger partial charge on any atom is 0.164 e. The molecule has 3 nitrogen and oxygen atoms in total. The Morgan fingerprint density at radius 2 is 1.95 bits per heavy atom. The van der Waals surface area contributed by atoms with Crippen molar-refractivity contribution in [2.24, 2.45) is 5.73 Å². The highest BCUT2D eigenvalue weighted by Gasteiger charge is 2.12. The summed E-state index contributed by atoms with van der Waals surface area (Å²) in [6.45, 7) is 9.86. The number of rotatable bonds is 11. The van der Waals surface area contributed by atoms with Crippen LogP contribution in [0.2, 0.25) is 0 Å². The highest BCUT2D eigenvalue weighted by atomic mass is 16.5. The topological polar surface area (TPSA) is 44.5 Å². The molecular formula is C18H29NO2. The van der Waals surface area contributed by atoms with Crippen LogP contribution in [-0.2, 0) is 13.0 Å². The molecule has 0 heterocycles. The molecule has 0 saturated heterocycles. The minimum absolute atomic E-state index is 0.501. The van der Waals surface area contributed by atoms with Gasteiger partial charge in [-0.3, -0.25) is 0 Å². The summed E-state index contributed by atoms with van der Waals surface area (Å²) < 4.78 is 11.7. The van der Waals surface area contributed by atoms with Crippen molar-refractivity contribution in [1.29, 1.82) is 0 Å². The first-order chi connectivity index (χ1) is 10.3. The molecule has 0 unspecified atom stereocenters. The van der Waals surface area contributed by atoms with Gasteiger partial charge in [0.25, 0.3) is 0 Å². The first-order valence-corrected chi connectivity index (χ1v) is 7.99. The van der Waals surface area contributed by atoms with Crippen molar-refractivity contribution in [3.63, 3.8) is 0 Å². The number of benzene rings is 1. The van der Waals surface area contributed by atoms with Gasteiger partial charge in [0.05, 0.1) is 13.2 Å². The van der Waals surface area contributed by atoms with Crippen LogP contribution in [0.1, 0.15) is 50.7 Å². The minimum Gasteiger partial charge on any atom is -0.490 e. The van der Waals surface area contributed by atoms with Crippen molar-refractivity contribution in [3.05, 3.63) is 35.9 Å². The van der Waals surface area contributed by atoms with Crippen LogP contribution in [0.3, 0.4) is 0 Å². The molecule has 0 aliphatic rings. The Morgan fingerprint density at radius 3 is 2.57 bits per heavy atom. The Kier molecular flexibility index (Phi) is 8.60. The van der Waals surface area contributed by atoms with E-state index in [1.165, 1.54) is 19.3 Å². The van der Waals surface area contributed by atoms with Crippen molar-refractivity contribution in [3.8, 4) is 11.5 Å². The summed E-state index contributed by atoms with van der Waals surface area (Å²) in [6.07, 6.45) is 7.42. The van der Waals surface area contributed by atoms with Crippen molar-refractivity contribution in [2.75, 3.05) is 13.2 Å². The lowest BCUT2D eigenvalue weighted by atomic mass is 10.1. The van der Waals surface area contributed by atoms with Crippen molar-refractivity contribution < 1.29 is 9.47 Å². The summed E-state index contributed by atoms with van der Waals surface area (Å²) in [5.74, 6) is 1.65. The number of hydrogen-bond acceptors (Lipinski definition) is 3. The quantitative estimate of drug-likeness (QED) is 0.490. The van der Waals surface area contributed by atoms with Gasteiger partial charge in [-0.05, 0) is 31.4 Å². The molecule has 0 amide bonds. The van der Waals surface area contributed by atoms with Crippen LogP contribution < -0.4 is 15.2 Å². The van der Waals surface area contributed by atoms with Gasteiger partial charge in [-0.1, -0.05) is 38.3 Å². The number of hydrogen-bond donors (Lipinski definition) is 1. The molecule has 1 aromatic rings. The zero-order chi connectivity index (χ0) is 15.5. The number of allylic oxidation sites excluding steroid dienone is 1. The minimum atomic E-state index is 0.501. The van der Waals surface area contributed by atoms with Crippen LogP contribution in [0, 0.1) is 0 Å². The van der Waals surface area contributed by atoms with Gasteiger partial charge < -0.3 is 15.2 Å². The summed E-state index contributed by atoms with van der Waals surface area (Å²) >= 11 is 0. The van der Waals surface area contributed by atoms with Gasteiger partial charge in [0.2, 0.25) is 0 Å². The number of unbranched alkanes of at least 4 members (excludes halogenated alkanes) is 3. The Morgan fingerprint density at radius 1 is 1.14 bits per heavy atom. The predicted molar refractivity (Wildman–Crippen MR) is 89.0 cm³/mol. The van der Waals surface area contributed by atoms with Gasteiger partial charge >= 0.3 is 0 Å². The standard InChI is InChI=1S/C18H29NO2/c1-4-7-8-9-11-21-18-16(10-5-2)12-15(14-19)13-17(18)20-6-3/h5,12-13H,2,4,6-11,14,19H2,1,3H3. The van der Waals surface area contributed by atoms with E-state index in [1.807, 2.05) is 19.1 Å². The Balaban J connectivity index is 2.87. The number of nitrogens with two attached hydrogens (primary N) is 1. The van der Waals surface area contributed by atoms with E-state index in [1.54, 1.807) is 0 Å². The van der Waals surface area contributed by atoms with Crippen LogP contribution in [-0.4, -0.2) is 13.2 Å². The van der Waals surface area contributed by atoms with Gasteiger partial charge in [-0.15, -0.1) is 6.58 Å². The molecule has 0 spiro atoms. The highest BCUT2D eigenvalue weighted by molar-refractivity contribution is 5.50. The van der Waals surface area contributed by atoms with E-state index < -0.39 is 0 Å². The molecule has 118 valence electrons. The fourth-order valence-corrected chi connectivity index (χ4v) is 2.28. The molecule has 0 radical (unpaired) electrons. The lowest BCUT2D eigenvalue weighted by molar-refractivity contribution is 0.268. The molecule has 1 aromatic carbocycles. The molecule has 21 heavy (non-hydrogen) atoms. The molecule has 1 rings (SSSR count). The van der Waals surface area contributed by atoms with Gasteiger partial charge in [-0.25, -0.2) is 0 Å². The van der Waals surface area contributed by atoms with Crippen LogP contribution in [0.25, 0.3) is 0 Å². The molecule has 3 heteroatoms. The van der Waals surface area contributed by atoms with Gasteiger partial charge in [0.15, 0.2) is 11.5 Å². The smallest absolute Gasteiger partial charge is 0.164 e. The fourth-order valence-electron chi connectivity index (χ4n) is 2.28. The van der Waals surface area contributed by atoms with Gasteiger partial charge in [0.1, 0.15) is 0 Å². The molecule has 2 N–H and O–H groups in total. The lowest BCUT2D eigenvalue weighted by Gasteiger charge is -2.17. The first-order valence-electron chi connectivity index (χ1n) is 7.99. The van der Waals surface area contributed by atoms with E-state index in [9.17, 15) is 0 Å². The SMILES string of the molecule is C=CCc1cc(CN)cc(OCC)c1OCCCCCC. The first kappa shape index (κ1) is 17.6. The largest absolute Gasteiger partial charge is 0.490 e. The Labute approximate surface area is 129 Å². The van der Waals surface area contributed by atoms with E-state index in [4.69, 9.17) is 15.2 Å². The zero-order valence-electron chi connectivity index (χ0n) is 13.5. The second-order valence-corrected chi connectivity index (χ2v) is 5.12. The third-order valence-electron chi connectivity index (χ3n) is 3.34. The second-order valence-electron chi connectivity index (χ2n) is 5.12. The monoisotopic (exact) mass is 291 g/mol. The van der Waals surface area contributed by atoms with Crippen molar-refractivity contribution >= 4 is 0 Å². The fraction of sp³-hybridized carbons (Fsp3) is 0.556. The Hall–Kier alpha value is -1.48. The molecule has 0 aliphatic heterocycles. The van der Waals surface area contributed by atoms with Crippen LogP contribution in [0.15, 0.2) is 24.8 Å². The maximum atomic E-state index is 6.01. The predicted octanol–water partition coefficient (Wildman–Crippen LogP) is 4.23. The van der Waals surface area contributed by atoms with E-state index in [0.29, 0.717) is 13.2 Å².